The van der Waals surface area contributed by atoms with Crippen LogP contribution in [0.15, 0.2) is 43.7 Å². The van der Waals surface area contributed by atoms with E-state index in [2.05, 4.69) is 0 Å². The Morgan fingerprint density at radius 2 is 1.09 bits per heavy atom. The maximum absolute atomic E-state index is 11.8. The van der Waals surface area contributed by atoms with E-state index in [4.69, 9.17) is 0 Å². The van der Waals surface area contributed by atoms with Crippen molar-refractivity contribution in [3.63, 3.8) is 0 Å². The maximum atomic E-state index is 11.8. The number of unbranched alkanes of at least 4 members (excludes halogenated alkanes) is 1. The van der Waals surface area contributed by atoms with Crippen LogP contribution in [0.4, 0.5) is 0 Å². The Kier molecular flexibility index (Phi) is 4.59. The van der Waals surface area contributed by atoms with Gasteiger partial charge in [-0.05, 0) is 12.8 Å². The molecule has 0 aliphatic rings. The topological polar surface area (TPSA) is 88.0 Å². The molecule has 0 aromatic carbocycles. The largest absolute Gasteiger partial charge is 0.330 e. The lowest BCUT2D eigenvalue weighted by atomic mass is 10.3. The van der Waals surface area contributed by atoms with E-state index in [0.717, 1.165) is 9.13 Å². The summed E-state index contributed by atoms with van der Waals surface area (Å²) in [6.07, 6.45) is 4.30. The molecule has 0 atom stereocenters. The van der Waals surface area contributed by atoms with Gasteiger partial charge < -0.3 is 9.13 Å². The molecule has 0 amide bonds. The summed E-state index contributed by atoms with van der Waals surface area (Å²) in [5.41, 5.74) is -1.38. The van der Waals surface area contributed by atoms with E-state index in [1.54, 1.807) is 0 Å². The van der Waals surface area contributed by atoms with E-state index in [1.807, 2.05) is 0 Å². The van der Waals surface area contributed by atoms with Gasteiger partial charge in [-0.25, -0.2) is 9.59 Å². The van der Waals surface area contributed by atoms with Crippen molar-refractivity contribution >= 4 is 0 Å². The molecule has 2 aromatic rings. The quantitative estimate of drug-likeness (QED) is 0.655. The molecule has 0 unspecified atom stereocenters. The molecular weight excluding hydrogens is 288 g/mol. The van der Waals surface area contributed by atoms with E-state index in [9.17, 15) is 19.2 Å². The summed E-state index contributed by atoms with van der Waals surface area (Å²) in [7, 11) is 2.87. The van der Waals surface area contributed by atoms with Gasteiger partial charge in [0.05, 0.1) is 0 Å². The fraction of sp³-hybridized carbons (Fsp3) is 0.429. The van der Waals surface area contributed by atoms with Crippen LogP contribution in [0.25, 0.3) is 0 Å². The highest BCUT2D eigenvalue weighted by Gasteiger charge is 2.03. The molecule has 0 spiro atoms. The van der Waals surface area contributed by atoms with Crippen molar-refractivity contribution in [1.82, 2.24) is 18.3 Å². The molecule has 2 heterocycles. The molecule has 0 radical (unpaired) electrons. The van der Waals surface area contributed by atoms with Crippen molar-refractivity contribution in [2.45, 2.75) is 25.9 Å². The van der Waals surface area contributed by atoms with E-state index in [1.165, 1.54) is 47.8 Å². The second-order valence-electron chi connectivity index (χ2n) is 5.09. The number of nitrogens with zero attached hydrogens (tertiary/aromatic N) is 4. The van der Waals surface area contributed by atoms with Crippen LogP contribution in [-0.4, -0.2) is 18.3 Å². The Labute approximate surface area is 125 Å². The third kappa shape index (κ3) is 3.16. The second-order valence-corrected chi connectivity index (χ2v) is 5.09. The third-order valence-electron chi connectivity index (χ3n) is 3.57. The van der Waals surface area contributed by atoms with E-state index >= 15 is 0 Å². The van der Waals surface area contributed by atoms with Gasteiger partial charge in [-0.1, -0.05) is 0 Å². The van der Waals surface area contributed by atoms with Gasteiger partial charge in [0.2, 0.25) is 0 Å². The molecule has 0 bridgehead atoms. The van der Waals surface area contributed by atoms with Crippen LogP contribution in [0.2, 0.25) is 0 Å². The van der Waals surface area contributed by atoms with Gasteiger partial charge in [-0.3, -0.25) is 18.7 Å². The van der Waals surface area contributed by atoms with Gasteiger partial charge in [0, 0.05) is 51.7 Å². The zero-order valence-electron chi connectivity index (χ0n) is 12.6. The highest BCUT2D eigenvalue weighted by Crippen LogP contribution is 1.95. The molecule has 0 N–H and O–H groups in total. The summed E-state index contributed by atoms with van der Waals surface area (Å²) in [6.45, 7) is 0.931. The van der Waals surface area contributed by atoms with Crippen molar-refractivity contribution in [3.8, 4) is 0 Å². The molecule has 0 aliphatic heterocycles. The second kappa shape index (κ2) is 6.42. The van der Waals surface area contributed by atoms with E-state index in [0.29, 0.717) is 25.9 Å². The Morgan fingerprint density at radius 1 is 0.727 bits per heavy atom. The maximum Gasteiger partial charge on any atom is 0.330 e. The summed E-state index contributed by atoms with van der Waals surface area (Å²) < 4.78 is 5.03. The molecule has 8 nitrogen and oxygen atoms in total. The van der Waals surface area contributed by atoms with Gasteiger partial charge in [0.25, 0.3) is 11.1 Å². The van der Waals surface area contributed by atoms with Crippen LogP contribution in [0.1, 0.15) is 12.8 Å². The predicted molar refractivity (Wildman–Crippen MR) is 81.1 cm³/mol. The average molecular weight is 306 g/mol. The lowest BCUT2D eigenvalue weighted by Crippen LogP contribution is -2.37. The van der Waals surface area contributed by atoms with Crippen molar-refractivity contribution in [1.29, 1.82) is 0 Å². The Hall–Kier alpha value is -2.64. The van der Waals surface area contributed by atoms with Crippen molar-refractivity contribution < 1.29 is 0 Å². The SMILES string of the molecule is Cn1c(=O)ccn(CCCCn2ccc(=O)n(C)c2=O)c1=O. The average Bonchev–Trinajstić information content (AvgIpc) is 2.50. The van der Waals surface area contributed by atoms with E-state index < -0.39 is 0 Å². The van der Waals surface area contributed by atoms with Gasteiger partial charge in [-0.2, -0.15) is 0 Å². The molecule has 118 valence electrons. The fourth-order valence-electron chi connectivity index (χ4n) is 2.14. The fourth-order valence-corrected chi connectivity index (χ4v) is 2.14. The van der Waals surface area contributed by atoms with Crippen LogP contribution in [0, 0.1) is 0 Å². The summed E-state index contributed by atoms with van der Waals surface area (Å²) in [5.74, 6) is 0. The molecule has 0 fully saturated rings. The van der Waals surface area contributed by atoms with Crippen molar-refractivity contribution in [2.75, 3.05) is 0 Å². The summed E-state index contributed by atoms with van der Waals surface area (Å²) >= 11 is 0. The number of aromatic nitrogens is 4. The minimum Gasteiger partial charge on any atom is -0.300 e. The first-order chi connectivity index (χ1) is 10.4. The third-order valence-corrected chi connectivity index (χ3v) is 3.57. The molecule has 22 heavy (non-hydrogen) atoms. The molecule has 0 saturated carbocycles. The van der Waals surface area contributed by atoms with Gasteiger partial charge in [0.15, 0.2) is 0 Å². The number of aryl methyl sites for hydroxylation is 2. The molecular formula is C14H18N4O4. The van der Waals surface area contributed by atoms with Gasteiger partial charge in [0.1, 0.15) is 0 Å². The number of hydrogen-bond acceptors (Lipinski definition) is 4. The van der Waals surface area contributed by atoms with Crippen LogP contribution >= 0.6 is 0 Å². The van der Waals surface area contributed by atoms with Crippen LogP contribution in [0.3, 0.4) is 0 Å². The van der Waals surface area contributed by atoms with E-state index in [-0.39, 0.29) is 22.5 Å². The first kappa shape index (κ1) is 15.7. The highest BCUT2D eigenvalue weighted by molar-refractivity contribution is 4.86. The zero-order chi connectivity index (χ0) is 16.3. The standard InChI is InChI=1S/C14H18N4O4/c1-15-11(19)5-9-17(13(15)21)7-3-4-8-18-10-6-12(20)16(2)14(18)22/h5-6,9-10H,3-4,7-8H2,1-2H3. The zero-order valence-corrected chi connectivity index (χ0v) is 12.6. The number of hydrogen-bond donors (Lipinski definition) is 0. The van der Waals surface area contributed by atoms with Gasteiger partial charge >= 0.3 is 11.4 Å². The molecule has 2 aromatic heterocycles. The summed E-state index contributed by atoms with van der Waals surface area (Å²) in [6, 6.07) is 2.69. The van der Waals surface area contributed by atoms with Crippen LogP contribution in [0.5, 0.6) is 0 Å². The van der Waals surface area contributed by atoms with Gasteiger partial charge in [-0.15, -0.1) is 0 Å². The minimum absolute atomic E-state index is 0.335. The Bertz CT molecular complexity index is 825. The normalized spacial score (nSPS) is 10.8. The highest BCUT2D eigenvalue weighted by atomic mass is 16.2. The lowest BCUT2D eigenvalue weighted by Gasteiger charge is -2.08. The summed E-state index contributed by atoms with van der Waals surface area (Å²) in [4.78, 5) is 46.2. The first-order valence-corrected chi connectivity index (χ1v) is 6.95. The number of rotatable bonds is 5. The smallest absolute Gasteiger partial charge is 0.300 e. The van der Waals surface area contributed by atoms with Crippen molar-refractivity contribution in [3.05, 3.63) is 66.2 Å². The molecule has 0 saturated heterocycles. The Balaban J connectivity index is 1.99. The monoisotopic (exact) mass is 306 g/mol. The molecule has 0 aliphatic carbocycles. The molecule has 8 heteroatoms. The van der Waals surface area contributed by atoms with Crippen LogP contribution < -0.4 is 22.5 Å². The first-order valence-electron chi connectivity index (χ1n) is 6.95. The lowest BCUT2D eigenvalue weighted by molar-refractivity contribution is 0.505. The Morgan fingerprint density at radius 3 is 1.45 bits per heavy atom. The summed E-state index contributed by atoms with van der Waals surface area (Å²) in [5, 5.41) is 0. The molecule has 2 rings (SSSR count). The minimum atomic E-state index is -0.355. The predicted octanol–water partition coefficient (Wildman–Crippen LogP) is -1.11. The van der Waals surface area contributed by atoms with Crippen LogP contribution in [-0.2, 0) is 27.2 Å². The van der Waals surface area contributed by atoms with Crippen molar-refractivity contribution in [2.24, 2.45) is 14.1 Å².